The van der Waals surface area contributed by atoms with E-state index in [1.165, 1.54) is 12.1 Å². The van der Waals surface area contributed by atoms with E-state index in [1.807, 2.05) is 18.2 Å². The largest absolute Gasteiger partial charge is 0.381 e. The molecule has 19 heavy (non-hydrogen) atoms. The van der Waals surface area contributed by atoms with Crippen LogP contribution in [0, 0.1) is 5.82 Å². The van der Waals surface area contributed by atoms with E-state index in [1.54, 1.807) is 12.3 Å². The van der Waals surface area contributed by atoms with Gasteiger partial charge in [0.05, 0.1) is 11.7 Å². The minimum Gasteiger partial charge on any atom is -0.381 e. The number of anilines is 1. The molecule has 0 unspecified atom stereocenters. The van der Waals surface area contributed by atoms with Gasteiger partial charge in [-0.1, -0.05) is 15.9 Å². The van der Waals surface area contributed by atoms with Crippen molar-refractivity contribution in [1.29, 1.82) is 0 Å². The number of rotatable bonds is 3. The number of nitrogens with zero attached hydrogens (tertiary/aromatic N) is 1. The molecule has 0 saturated carbocycles. The van der Waals surface area contributed by atoms with Gasteiger partial charge in [-0.2, -0.15) is 5.10 Å². The highest BCUT2D eigenvalue weighted by Gasteiger charge is 2.03. The standard InChI is InChI=1S/C14H11BrFN3/c15-13-4-2-11(16)5-10(13)7-17-12-3-1-9-8-18-19-14(9)6-12/h1-6,8,17H,7H2,(H,18,19). The Morgan fingerprint density at radius 1 is 1.21 bits per heavy atom. The third kappa shape index (κ3) is 2.61. The molecule has 0 aliphatic heterocycles. The molecule has 0 aliphatic carbocycles. The van der Waals surface area contributed by atoms with Crippen LogP contribution in [0.4, 0.5) is 10.1 Å². The first-order chi connectivity index (χ1) is 9.22. The van der Waals surface area contributed by atoms with Gasteiger partial charge < -0.3 is 5.32 Å². The molecule has 1 heterocycles. The van der Waals surface area contributed by atoms with Crippen molar-refractivity contribution in [3.05, 3.63) is 58.4 Å². The second-order valence-electron chi connectivity index (χ2n) is 4.26. The average Bonchev–Trinajstić information content (AvgIpc) is 2.87. The van der Waals surface area contributed by atoms with Crippen LogP contribution in [0.3, 0.4) is 0 Å². The zero-order valence-corrected chi connectivity index (χ0v) is 11.5. The lowest BCUT2D eigenvalue weighted by molar-refractivity contribution is 0.625. The summed E-state index contributed by atoms with van der Waals surface area (Å²) < 4.78 is 14.1. The SMILES string of the molecule is Fc1ccc(Br)c(CNc2ccc3cn[nH]c3c2)c1. The molecular weight excluding hydrogens is 309 g/mol. The molecule has 0 bridgehead atoms. The number of halogens is 2. The molecule has 0 spiro atoms. The highest BCUT2D eigenvalue weighted by Crippen LogP contribution is 2.21. The number of hydrogen-bond donors (Lipinski definition) is 2. The Morgan fingerprint density at radius 2 is 2.11 bits per heavy atom. The number of aromatic nitrogens is 2. The van der Waals surface area contributed by atoms with Crippen LogP contribution in [0.25, 0.3) is 10.9 Å². The molecule has 0 radical (unpaired) electrons. The molecule has 3 aromatic rings. The van der Waals surface area contributed by atoms with Crippen molar-refractivity contribution in [1.82, 2.24) is 10.2 Å². The van der Waals surface area contributed by atoms with Crippen LogP contribution in [0.1, 0.15) is 5.56 Å². The van der Waals surface area contributed by atoms with Gasteiger partial charge in [-0.05, 0) is 42.0 Å². The van der Waals surface area contributed by atoms with Gasteiger partial charge in [0.2, 0.25) is 0 Å². The summed E-state index contributed by atoms with van der Waals surface area (Å²) in [6.07, 6.45) is 1.78. The fourth-order valence-corrected chi connectivity index (χ4v) is 2.31. The van der Waals surface area contributed by atoms with E-state index in [-0.39, 0.29) is 5.82 Å². The Hall–Kier alpha value is -1.88. The van der Waals surface area contributed by atoms with Crippen LogP contribution in [0.5, 0.6) is 0 Å². The lowest BCUT2D eigenvalue weighted by Crippen LogP contribution is -2.00. The van der Waals surface area contributed by atoms with E-state index in [0.717, 1.165) is 26.6 Å². The predicted molar refractivity (Wildman–Crippen MR) is 77.5 cm³/mol. The van der Waals surface area contributed by atoms with Crippen molar-refractivity contribution < 1.29 is 4.39 Å². The molecule has 2 N–H and O–H groups in total. The first kappa shape index (κ1) is 12.2. The molecule has 0 amide bonds. The van der Waals surface area contributed by atoms with Crippen LogP contribution < -0.4 is 5.32 Å². The van der Waals surface area contributed by atoms with Crippen molar-refractivity contribution in [2.75, 3.05) is 5.32 Å². The molecule has 0 aliphatic rings. The van der Waals surface area contributed by atoms with Gasteiger partial charge in [-0.25, -0.2) is 4.39 Å². The fraction of sp³-hybridized carbons (Fsp3) is 0.0714. The molecule has 3 rings (SSSR count). The monoisotopic (exact) mass is 319 g/mol. The number of H-pyrrole nitrogens is 1. The van der Waals surface area contributed by atoms with Crippen molar-refractivity contribution in [3.63, 3.8) is 0 Å². The highest BCUT2D eigenvalue weighted by molar-refractivity contribution is 9.10. The van der Waals surface area contributed by atoms with E-state index >= 15 is 0 Å². The second-order valence-corrected chi connectivity index (χ2v) is 5.12. The minimum absolute atomic E-state index is 0.232. The van der Waals surface area contributed by atoms with Crippen molar-refractivity contribution in [2.24, 2.45) is 0 Å². The smallest absolute Gasteiger partial charge is 0.123 e. The Balaban J connectivity index is 1.79. The quantitative estimate of drug-likeness (QED) is 0.763. The molecule has 0 atom stereocenters. The molecular formula is C14H11BrFN3. The van der Waals surface area contributed by atoms with Crippen LogP contribution in [0.2, 0.25) is 0 Å². The van der Waals surface area contributed by atoms with Gasteiger partial charge in [0, 0.05) is 22.1 Å². The Labute approximate surface area is 118 Å². The van der Waals surface area contributed by atoms with E-state index in [4.69, 9.17) is 0 Å². The first-order valence-electron chi connectivity index (χ1n) is 5.83. The van der Waals surface area contributed by atoms with E-state index < -0.39 is 0 Å². The molecule has 2 aromatic carbocycles. The van der Waals surface area contributed by atoms with Gasteiger partial charge >= 0.3 is 0 Å². The summed E-state index contributed by atoms with van der Waals surface area (Å²) in [6.45, 7) is 0.554. The average molecular weight is 320 g/mol. The molecule has 0 saturated heterocycles. The van der Waals surface area contributed by atoms with Crippen molar-refractivity contribution >= 4 is 32.5 Å². The molecule has 96 valence electrons. The van der Waals surface area contributed by atoms with Crippen LogP contribution in [-0.2, 0) is 6.54 Å². The number of fused-ring (bicyclic) bond motifs is 1. The highest BCUT2D eigenvalue weighted by atomic mass is 79.9. The number of aromatic amines is 1. The summed E-state index contributed by atoms with van der Waals surface area (Å²) in [6, 6.07) is 10.6. The minimum atomic E-state index is -0.232. The van der Waals surface area contributed by atoms with Gasteiger partial charge in [0.1, 0.15) is 5.82 Å². The third-order valence-corrected chi connectivity index (χ3v) is 3.71. The third-order valence-electron chi connectivity index (χ3n) is 2.93. The molecule has 1 aromatic heterocycles. The summed E-state index contributed by atoms with van der Waals surface area (Å²) in [5.74, 6) is -0.232. The summed E-state index contributed by atoms with van der Waals surface area (Å²) in [5.41, 5.74) is 2.82. The van der Waals surface area contributed by atoms with E-state index in [0.29, 0.717) is 6.54 Å². The Kier molecular flexibility index (Phi) is 3.21. The van der Waals surface area contributed by atoms with Gasteiger partial charge in [0.25, 0.3) is 0 Å². The Morgan fingerprint density at radius 3 is 3.00 bits per heavy atom. The van der Waals surface area contributed by atoms with Gasteiger partial charge in [0.15, 0.2) is 0 Å². The summed E-state index contributed by atoms with van der Waals surface area (Å²) >= 11 is 3.41. The molecule has 5 heteroatoms. The summed E-state index contributed by atoms with van der Waals surface area (Å²) in [7, 11) is 0. The normalized spacial score (nSPS) is 10.8. The zero-order valence-electron chi connectivity index (χ0n) is 9.95. The lowest BCUT2D eigenvalue weighted by Gasteiger charge is -2.08. The second kappa shape index (κ2) is 5.01. The van der Waals surface area contributed by atoms with Gasteiger partial charge in [-0.3, -0.25) is 5.10 Å². The molecule has 3 nitrogen and oxygen atoms in total. The van der Waals surface area contributed by atoms with Crippen LogP contribution >= 0.6 is 15.9 Å². The lowest BCUT2D eigenvalue weighted by atomic mass is 10.2. The van der Waals surface area contributed by atoms with Crippen LogP contribution in [-0.4, -0.2) is 10.2 Å². The zero-order chi connectivity index (χ0) is 13.2. The fourth-order valence-electron chi connectivity index (χ4n) is 1.92. The number of benzene rings is 2. The maximum absolute atomic E-state index is 13.2. The number of hydrogen-bond acceptors (Lipinski definition) is 2. The number of nitrogens with one attached hydrogen (secondary N) is 2. The van der Waals surface area contributed by atoms with E-state index in [9.17, 15) is 4.39 Å². The topological polar surface area (TPSA) is 40.7 Å². The molecule has 0 fully saturated rings. The van der Waals surface area contributed by atoms with Gasteiger partial charge in [-0.15, -0.1) is 0 Å². The van der Waals surface area contributed by atoms with E-state index in [2.05, 4.69) is 31.4 Å². The van der Waals surface area contributed by atoms with Crippen molar-refractivity contribution in [3.8, 4) is 0 Å². The summed E-state index contributed by atoms with van der Waals surface area (Å²) in [4.78, 5) is 0. The Bertz CT molecular complexity index is 724. The first-order valence-corrected chi connectivity index (χ1v) is 6.62. The van der Waals surface area contributed by atoms with Crippen LogP contribution in [0.15, 0.2) is 47.1 Å². The van der Waals surface area contributed by atoms with Crippen molar-refractivity contribution in [2.45, 2.75) is 6.54 Å². The maximum Gasteiger partial charge on any atom is 0.123 e. The maximum atomic E-state index is 13.2. The predicted octanol–water partition coefficient (Wildman–Crippen LogP) is 4.08. The summed E-state index contributed by atoms with van der Waals surface area (Å²) in [5, 5.41) is 11.2.